The van der Waals surface area contributed by atoms with Crippen LogP contribution in [0.15, 0.2) is 53.7 Å². The number of ether oxygens (including phenoxy) is 1. The molecule has 1 aromatic carbocycles. The Hall–Kier alpha value is -1.97. The molecule has 1 heterocycles. The van der Waals surface area contributed by atoms with Crippen molar-refractivity contribution in [2.24, 2.45) is 10.7 Å². The van der Waals surface area contributed by atoms with Crippen molar-refractivity contribution in [3.05, 3.63) is 59.8 Å². The van der Waals surface area contributed by atoms with Gasteiger partial charge < -0.3 is 15.8 Å². The van der Waals surface area contributed by atoms with Crippen LogP contribution in [0.4, 0.5) is 8.78 Å². The van der Waals surface area contributed by atoms with Crippen LogP contribution in [0.3, 0.4) is 0 Å². The number of benzene rings is 1. The minimum atomic E-state index is -2.53. The predicted molar refractivity (Wildman–Crippen MR) is 105 cm³/mol. The van der Waals surface area contributed by atoms with E-state index in [9.17, 15) is 8.78 Å². The molecule has 2 aromatic rings. The van der Waals surface area contributed by atoms with Crippen LogP contribution in [0.1, 0.15) is 11.1 Å². The monoisotopic (exact) mass is 462 g/mol. The smallest absolute Gasteiger partial charge is 0.272 e. The molecule has 0 radical (unpaired) electrons. The minimum absolute atomic E-state index is 0. The van der Waals surface area contributed by atoms with Crippen molar-refractivity contribution in [2.75, 3.05) is 13.2 Å². The fourth-order valence-corrected chi connectivity index (χ4v) is 1.99. The van der Waals surface area contributed by atoms with E-state index in [1.807, 2.05) is 30.3 Å². The van der Waals surface area contributed by atoms with Crippen molar-refractivity contribution in [3.8, 4) is 5.88 Å². The third kappa shape index (κ3) is 8.62. The Morgan fingerprint density at radius 2 is 1.96 bits per heavy atom. The fourth-order valence-electron chi connectivity index (χ4n) is 1.99. The van der Waals surface area contributed by atoms with E-state index in [4.69, 9.17) is 10.5 Å². The Morgan fingerprint density at radius 3 is 2.68 bits per heavy atom. The lowest BCUT2D eigenvalue weighted by molar-refractivity contribution is 0.0795. The average Bonchev–Trinajstić information content (AvgIpc) is 2.59. The number of alkyl halides is 2. The van der Waals surface area contributed by atoms with Crippen LogP contribution in [-0.4, -0.2) is 30.5 Å². The number of hydrogen-bond donors (Lipinski definition) is 2. The first-order chi connectivity index (χ1) is 11.6. The quantitative estimate of drug-likeness (QED) is 0.360. The first-order valence-electron chi connectivity index (χ1n) is 7.57. The second kappa shape index (κ2) is 11.6. The van der Waals surface area contributed by atoms with Gasteiger partial charge in [-0.3, -0.25) is 0 Å². The molecule has 136 valence electrons. The second-order valence-corrected chi connectivity index (χ2v) is 5.07. The van der Waals surface area contributed by atoms with E-state index in [0.717, 1.165) is 12.0 Å². The lowest BCUT2D eigenvalue weighted by Gasteiger charge is -2.07. The van der Waals surface area contributed by atoms with E-state index < -0.39 is 13.0 Å². The minimum Gasteiger partial charge on any atom is -0.472 e. The van der Waals surface area contributed by atoms with Gasteiger partial charge in [0.1, 0.15) is 0 Å². The summed E-state index contributed by atoms with van der Waals surface area (Å²) in [7, 11) is 0. The molecule has 3 N–H and O–H groups in total. The van der Waals surface area contributed by atoms with Gasteiger partial charge in [0.25, 0.3) is 6.43 Å². The molecule has 5 nitrogen and oxygen atoms in total. The molecule has 0 atom stereocenters. The summed E-state index contributed by atoms with van der Waals surface area (Å²) in [5, 5.41) is 3.04. The maximum atomic E-state index is 12.1. The second-order valence-electron chi connectivity index (χ2n) is 5.07. The van der Waals surface area contributed by atoms with Crippen molar-refractivity contribution in [1.82, 2.24) is 10.3 Å². The van der Waals surface area contributed by atoms with Gasteiger partial charge in [-0.25, -0.2) is 18.8 Å². The number of rotatable bonds is 8. The first-order valence-corrected chi connectivity index (χ1v) is 7.57. The molecule has 0 amide bonds. The number of aromatic nitrogens is 1. The molecule has 2 rings (SSSR count). The highest BCUT2D eigenvalue weighted by Gasteiger charge is 2.05. The predicted octanol–water partition coefficient (Wildman–Crippen LogP) is 2.99. The van der Waals surface area contributed by atoms with Crippen LogP contribution in [-0.2, 0) is 13.0 Å². The number of nitrogens with zero attached hydrogens (tertiary/aromatic N) is 2. The fraction of sp³-hybridized carbons (Fsp3) is 0.294. The van der Waals surface area contributed by atoms with E-state index in [-0.39, 0.29) is 29.9 Å². The molecular weight excluding hydrogens is 441 g/mol. The number of nitrogens with two attached hydrogens (primary N) is 1. The van der Waals surface area contributed by atoms with Crippen LogP contribution in [0.2, 0.25) is 0 Å². The van der Waals surface area contributed by atoms with Crippen LogP contribution in [0, 0.1) is 0 Å². The zero-order valence-electron chi connectivity index (χ0n) is 13.6. The summed E-state index contributed by atoms with van der Waals surface area (Å²) in [5.74, 6) is 0.483. The number of aliphatic imine (C=N–C) groups is 1. The Morgan fingerprint density at radius 1 is 1.20 bits per heavy atom. The van der Waals surface area contributed by atoms with E-state index in [0.29, 0.717) is 19.0 Å². The number of nitrogens with one attached hydrogen (secondary N) is 1. The van der Waals surface area contributed by atoms with Gasteiger partial charge in [0.05, 0.1) is 6.54 Å². The highest BCUT2D eigenvalue weighted by molar-refractivity contribution is 14.0. The summed E-state index contributed by atoms with van der Waals surface area (Å²) in [5.41, 5.74) is 7.81. The van der Waals surface area contributed by atoms with Crippen molar-refractivity contribution in [1.29, 1.82) is 0 Å². The Balaban J connectivity index is 0.00000312. The zero-order valence-corrected chi connectivity index (χ0v) is 15.9. The highest BCUT2D eigenvalue weighted by atomic mass is 127. The molecule has 0 saturated carbocycles. The number of hydrogen-bond acceptors (Lipinski definition) is 3. The first kappa shape index (κ1) is 21.1. The standard InChI is InChI=1S/C17H20F2N4O.HI/c18-15(19)12-24-16-10-14(7-8-21-16)11-23-17(20)22-9-6-13-4-2-1-3-5-13;/h1-5,7-8,10,15H,6,9,11-12H2,(H3,20,22,23);1H. The van der Waals surface area contributed by atoms with Gasteiger partial charge in [-0.15, -0.1) is 24.0 Å². The van der Waals surface area contributed by atoms with Crippen LogP contribution < -0.4 is 15.8 Å². The summed E-state index contributed by atoms with van der Waals surface area (Å²) < 4.78 is 29.1. The zero-order chi connectivity index (χ0) is 17.2. The molecule has 0 saturated heterocycles. The highest BCUT2D eigenvalue weighted by Crippen LogP contribution is 2.11. The van der Waals surface area contributed by atoms with Gasteiger partial charge in [-0.2, -0.15) is 0 Å². The molecule has 1 aromatic heterocycles. The largest absolute Gasteiger partial charge is 0.472 e. The summed E-state index contributed by atoms with van der Waals surface area (Å²) >= 11 is 0. The molecule has 8 heteroatoms. The summed E-state index contributed by atoms with van der Waals surface area (Å²) in [6.07, 6.45) is -0.194. The normalized spacial score (nSPS) is 11.1. The molecule has 0 fully saturated rings. The van der Waals surface area contributed by atoms with E-state index in [1.165, 1.54) is 11.8 Å². The molecule has 0 aliphatic heterocycles. The number of guanidine groups is 1. The van der Waals surface area contributed by atoms with Gasteiger partial charge in [-0.1, -0.05) is 30.3 Å². The van der Waals surface area contributed by atoms with Crippen molar-refractivity contribution < 1.29 is 13.5 Å². The Kier molecular flexibility index (Phi) is 9.75. The molecular formula is C17H21F2IN4O. The number of halogens is 3. The molecule has 0 aliphatic carbocycles. The lowest BCUT2D eigenvalue weighted by atomic mass is 10.1. The maximum absolute atomic E-state index is 12.1. The molecule has 0 spiro atoms. The average molecular weight is 462 g/mol. The third-order valence-corrected chi connectivity index (χ3v) is 3.15. The van der Waals surface area contributed by atoms with Gasteiger partial charge in [0, 0.05) is 18.8 Å². The van der Waals surface area contributed by atoms with Crippen molar-refractivity contribution >= 4 is 29.9 Å². The summed E-state index contributed by atoms with van der Waals surface area (Å²) in [6, 6.07) is 13.4. The van der Waals surface area contributed by atoms with Crippen molar-refractivity contribution in [3.63, 3.8) is 0 Å². The van der Waals surface area contributed by atoms with Crippen LogP contribution >= 0.6 is 24.0 Å². The molecule has 0 bridgehead atoms. The van der Waals surface area contributed by atoms with E-state index >= 15 is 0 Å². The van der Waals surface area contributed by atoms with Gasteiger partial charge in [-0.05, 0) is 23.6 Å². The molecule has 25 heavy (non-hydrogen) atoms. The Labute approximate surface area is 162 Å². The maximum Gasteiger partial charge on any atom is 0.272 e. The summed E-state index contributed by atoms with van der Waals surface area (Å²) in [6.45, 7) is 0.319. The molecule has 0 aliphatic rings. The molecule has 0 unspecified atom stereocenters. The van der Waals surface area contributed by atoms with Crippen molar-refractivity contribution in [2.45, 2.75) is 19.4 Å². The van der Waals surface area contributed by atoms with Gasteiger partial charge in [0.15, 0.2) is 12.6 Å². The Bertz CT molecular complexity index is 656. The topological polar surface area (TPSA) is 72.5 Å². The SMILES string of the molecule is I.NC(=NCc1ccnc(OCC(F)F)c1)NCCc1ccccc1. The summed E-state index contributed by atoms with van der Waals surface area (Å²) in [4.78, 5) is 8.08. The van der Waals surface area contributed by atoms with Crippen LogP contribution in [0.25, 0.3) is 0 Å². The van der Waals surface area contributed by atoms with E-state index in [1.54, 1.807) is 12.1 Å². The van der Waals surface area contributed by atoms with Gasteiger partial charge in [0.2, 0.25) is 5.88 Å². The third-order valence-electron chi connectivity index (χ3n) is 3.15. The van der Waals surface area contributed by atoms with E-state index in [2.05, 4.69) is 15.3 Å². The lowest BCUT2D eigenvalue weighted by Crippen LogP contribution is -2.33. The van der Waals surface area contributed by atoms with Crippen LogP contribution in [0.5, 0.6) is 5.88 Å². The van der Waals surface area contributed by atoms with Gasteiger partial charge >= 0.3 is 0 Å². The number of pyridine rings is 1.